The SMILES string of the molecule is CC(NC(=O)Cc1ccc2c(c1)CCC2)c1cccc(C(F)(F)F)c1. The van der Waals surface area contributed by atoms with E-state index in [9.17, 15) is 18.0 Å². The Morgan fingerprint density at radius 2 is 1.88 bits per heavy atom. The molecule has 1 N–H and O–H groups in total. The third kappa shape index (κ3) is 4.21. The van der Waals surface area contributed by atoms with Gasteiger partial charge < -0.3 is 5.32 Å². The molecule has 2 aromatic carbocycles. The van der Waals surface area contributed by atoms with E-state index in [2.05, 4.69) is 17.4 Å². The monoisotopic (exact) mass is 347 g/mol. The molecule has 3 rings (SSSR count). The Bertz CT molecular complexity index is 783. The summed E-state index contributed by atoms with van der Waals surface area (Å²) in [5.41, 5.74) is 3.33. The van der Waals surface area contributed by atoms with Crippen LogP contribution in [-0.4, -0.2) is 5.91 Å². The van der Waals surface area contributed by atoms with Gasteiger partial charge in [-0.05, 0) is 60.6 Å². The number of carbonyl (C=O) groups excluding carboxylic acids is 1. The first-order chi connectivity index (χ1) is 11.8. The fourth-order valence-electron chi connectivity index (χ4n) is 3.28. The quantitative estimate of drug-likeness (QED) is 0.859. The van der Waals surface area contributed by atoms with Crippen molar-refractivity contribution in [3.63, 3.8) is 0 Å². The van der Waals surface area contributed by atoms with Gasteiger partial charge >= 0.3 is 6.18 Å². The largest absolute Gasteiger partial charge is 0.416 e. The average Bonchev–Trinajstić information content (AvgIpc) is 3.01. The number of alkyl halides is 3. The van der Waals surface area contributed by atoms with E-state index in [-0.39, 0.29) is 12.3 Å². The van der Waals surface area contributed by atoms with Crippen molar-refractivity contribution >= 4 is 5.91 Å². The number of nitrogens with one attached hydrogen (secondary N) is 1. The fourth-order valence-corrected chi connectivity index (χ4v) is 3.28. The predicted molar refractivity (Wildman–Crippen MR) is 90.2 cm³/mol. The predicted octanol–water partition coefficient (Wildman–Crippen LogP) is 4.61. The van der Waals surface area contributed by atoms with Crippen LogP contribution in [0.5, 0.6) is 0 Å². The maximum absolute atomic E-state index is 12.8. The van der Waals surface area contributed by atoms with Gasteiger partial charge in [0.15, 0.2) is 0 Å². The van der Waals surface area contributed by atoms with Crippen molar-refractivity contribution in [1.82, 2.24) is 5.32 Å². The van der Waals surface area contributed by atoms with Gasteiger partial charge in [0.05, 0.1) is 18.0 Å². The van der Waals surface area contributed by atoms with Crippen LogP contribution < -0.4 is 5.32 Å². The smallest absolute Gasteiger partial charge is 0.349 e. The van der Waals surface area contributed by atoms with Crippen LogP contribution in [0.2, 0.25) is 0 Å². The lowest BCUT2D eigenvalue weighted by molar-refractivity contribution is -0.137. The molecule has 0 heterocycles. The van der Waals surface area contributed by atoms with Crippen molar-refractivity contribution in [1.29, 1.82) is 0 Å². The summed E-state index contributed by atoms with van der Waals surface area (Å²) < 4.78 is 38.4. The molecule has 1 aliphatic carbocycles. The Morgan fingerprint density at radius 1 is 1.12 bits per heavy atom. The lowest BCUT2D eigenvalue weighted by atomic mass is 10.0. The highest BCUT2D eigenvalue weighted by molar-refractivity contribution is 5.79. The number of fused-ring (bicyclic) bond motifs is 1. The van der Waals surface area contributed by atoms with Crippen LogP contribution in [0.3, 0.4) is 0 Å². The molecule has 0 saturated heterocycles. The molecule has 5 heteroatoms. The van der Waals surface area contributed by atoms with E-state index in [0.29, 0.717) is 5.56 Å². The molecule has 1 unspecified atom stereocenters. The summed E-state index contributed by atoms with van der Waals surface area (Å²) >= 11 is 0. The molecule has 25 heavy (non-hydrogen) atoms. The van der Waals surface area contributed by atoms with Gasteiger partial charge in [0, 0.05) is 0 Å². The molecule has 0 aliphatic heterocycles. The third-order valence-electron chi connectivity index (χ3n) is 4.62. The van der Waals surface area contributed by atoms with Crippen LogP contribution in [-0.2, 0) is 30.2 Å². The standard InChI is InChI=1S/C20H20F3NO/c1-13(16-5-3-7-18(12-16)20(21,22)23)24-19(25)11-14-8-9-15-4-2-6-17(15)10-14/h3,5,7-10,12-13H,2,4,6,11H2,1H3,(H,24,25). The maximum Gasteiger partial charge on any atom is 0.416 e. The molecule has 132 valence electrons. The Kier molecular flexibility index (Phi) is 4.84. The van der Waals surface area contributed by atoms with Gasteiger partial charge in [0.2, 0.25) is 5.91 Å². The first-order valence-electron chi connectivity index (χ1n) is 8.40. The number of aryl methyl sites for hydroxylation is 2. The van der Waals surface area contributed by atoms with Crippen molar-refractivity contribution in [2.24, 2.45) is 0 Å². The Balaban J connectivity index is 1.65. The van der Waals surface area contributed by atoms with Gasteiger partial charge in [0.25, 0.3) is 0 Å². The molecule has 1 atom stereocenters. The molecule has 0 aromatic heterocycles. The van der Waals surface area contributed by atoms with Crippen LogP contribution >= 0.6 is 0 Å². The van der Waals surface area contributed by atoms with Crippen LogP contribution in [0.25, 0.3) is 0 Å². The first kappa shape index (κ1) is 17.5. The van der Waals surface area contributed by atoms with Crippen LogP contribution in [0, 0.1) is 0 Å². The molecule has 2 aromatic rings. The number of benzene rings is 2. The number of rotatable bonds is 4. The van der Waals surface area contributed by atoms with Gasteiger partial charge in [-0.2, -0.15) is 13.2 Å². The van der Waals surface area contributed by atoms with Gasteiger partial charge in [-0.25, -0.2) is 0 Å². The summed E-state index contributed by atoms with van der Waals surface area (Å²) in [7, 11) is 0. The van der Waals surface area contributed by atoms with Gasteiger partial charge in [-0.15, -0.1) is 0 Å². The van der Waals surface area contributed by atoms with E-state index in [1.807, 2.05) is 6.07 Å². The highest BCUT2D eigenvalue weighted by atomic mass is 19.4. The van der Waals surface area contributed by atoms with E-state index in [0.717, 1.165) is 37.0 Å². The zero-order valence-corrected chi connectivity index (χ0v) is 14.0. The minimum Gasteiger partial charge on any atom is -0.349 e. The van der Waals surface area contributed by atoms with Crippen molar-refractivity contribution in [2.75, 3.05) is 0 Å². The molecule has 0 saturated carbocycles. The van der Waals surface area contributed by atoms with E-state index >= 15 is 0 Å². The summed E-state index contributed by atoms with van der Waals surface area (Å²) in [6, 6.07) is 10.7. The van der Waals surface area contributed by atoms with E-state index in [4.69, 9.17) is 0 Å². The van der Waals surface area contributed by atoms with Gasteiger partial charge in [-0.1, -0.05) is 30.3 Å². The maximum atomic E-state index is 12.8. The third-order valence-corrected chi connectivity index (χ3v) is 4.62. The Labute approximate surface area is 145 Å². The minimum absolute atomic E-state index is 0.192. The lowest BCUT2D eigenvalue weighted by Crippen LogP contribution is -2.28. The van der Waals surface area contributed by atoms with E-state index in [1.165, 1.54) is 17.2 Å². The highest BCUT2D eigenvalue weighted by Crippen LogP contribution is 2.30. The zero-order chi connectivity index (χ0) is 18.0. The topological polar surface area (TPSA) is 29.1 Å². The number of amides is 1. The number of hydrogen-bond donors (Lipinski definition) is 1. The second-order valence-corrected chi connectivity index (χ2v) is 6.55. The van der Waals surface area contributed by atoms with E-state index < -0.39 is 17.8 Å². The minimum atomic E-state index is -4.38. The molecule has 2 nitrogen and oxygen atoms in total. The molecule has 0 radical (unpaired) electrons. The molecule has 0 spiro atoms. The van der Waals surface area contributed by atoms with Crippen LogP contribution in [0.4, 0.5) is 13.2 Å². The highest BCUT2D eigenvalue weighted by Gasteiger charge is 2.30. The molecule has 0 fully saturated rings. The normalized spacial score (nSPS) is 14.9. The average molecular weight is 347 g/mol. The second-order valence-electron chi connectivity index (χ2n) is 6.55. The van der Waals surface area contributed by atoms with Crippen molar-refractivity contribution in [3.05, 3.63) is 70.3 Å². The Morgan fingerprint density at radius 3 is 2.64 bits per heavy atom. The van der Waals surface area contributed by atoms with Gasteiger partial charge in [-0.3, -0.25) is 4.79 Å². The zero-order valence-electron chi connectivity index (χ0n) is 14.0. The number of carbonyl (C=O) groups is 1. The molecular weight excluding hydrogens is 327 g/mol. The molecular formula is C20H20F3NO. The molecule has 0 bridgehead atoms. The van der Waals surface area contributed by atoms with Crippen LogP contribution in [0.15, 0.2) is 42.5 Å². The van der Waals surface area contributed by atoms with Crippen LogP contribution in [0.1, 0.15) is 47.2 Å². The first-order valence-corrected chi connectivity index (χ1v) is 8.40. The Hall–Kier alpha value is -2.30. The summed E-state index contributed by atoms with van der Waals surface area (Å²) in [6.07, 6.45) is -0.863. The summed E-state index contributed by atoms with van der Waals surface area (Å²) in [5.74, 6) is -0.192. The molecule has 1 aliphatic rings. The van der Waals surface area contributed by atoms with E-state index in [1.54, 1.807) is 13.0 Å². The van der Waals surface area contributed by atoms with Crippen molar-refractivity contribution in [2.45, 2.75) is 44.8 Å². The summed E-state index contributed by atoms with van der Waals surface area (Å²) in [4.78, 5) is 12.2. The number of halogens is 3. The van der Waals surface area contributed by atoms with Crippen molar-refractivity contribution in [3.8, 4) is 0 Å². The summed E-state index contributed by atoms with van der Waals surface area (Å²) in [6.45, 7) is 1.69. The fraction of sp³-hybridized carbons (Fsp3) is 0.350. The lowest BCUT2D eigenvalue weighted by Gasteiger charge is -2.16. The van der Waals surface area contributed by atoms with Crippen molar-refractivity contribution < 1.29 is 18.0 Å². The second kappa shape index (κ2) is 6.90. The number of hydrogen-bond acceptors (Lipinski definition) is 1. The molecule has 1 amide bonds. The summed E-state index contributed by atoms with van der Waals surface area (Å²) in [5, 5.41) is 2.78. The van der Waals surface area contributed by atoms with Gasteiger partial charge in [0.1, 0.15) is 0 Å².